The van der Waals surface area contributed by atoms with Crippen molar-refractivity contribution in [1.29, 1.82) is 0 Å². The first-order chi connectivity index (χ1) is 15.0. The Morgan fingerprint density at radius 3 is 2.45 bits per heavy atom. The van der Waals surface area contributed by atoms with Crippen LogP contribution in [0.2, 0.25) is 0 Å². The summed E-state index contributed by atoms with van der Waals surface area (Å²) < 4.78 is 12.0. The quantitative estimate of drug-likeness (QED) is 0.339. The monoisotopic (exact) mass is 415 g/mol. The molecule has 0 unspecified atom stereocenters. The highest BCUT2D eigenvalue weighted by atomic mass is 16.5. The van der Waals surface area contributed by atoms with Gasteiger partial charge in [0.25, 0.3) is 0 Å². The lowest BCUT2D eigenvalue weighted by molar-refractivity contribution is 0.397. The van der Waals surface area contributed by atoms with Gasteiger partial charge in [-0.1, -0.05) is 61.7 Å². The Bertz CT molecular complexity index is 1050. The predicted octanol–water partition coefficient (Wildman–Crippen LogP) is 7.51. The standard InChI is InChI=1S/C28H33NO2/c1-7-8-9-11-21-17-25(30-5)27(24-16-20(4)13-14-23(24)19(2)3)28(31-6)26(21)22-12-10-15-29-18-22/h10,12-18H,2,7-9,11H2,1,3-6H3. The number of unbranched alkanes of at least 4 members (excludes halogenated alkanes) is 2. The number of hydrogen-bond acceptors (Lipinski definition) is 3. The van der Waals surface area contributed by atoms with E-state index in [1.165, 1.54) is 24.0 Å². The van der Waals surface area contributed by atoms with Crippen LogP contribution in [0, 0.1) is 6.92 Å². The third-order valence-corrected chi connectivity index (χ3v) is 5.66. The Morgan fingerprint density at radius 1 is 1.03 bits per heavy atom. The van der Waals surface area contributed by atoms with E-state index in [1.54, 1.807) is 20.4 Å². The van der Waals surface area contributed by atoms with Crippen LogP contribution in [0.15, 0.2) is 55.4 Å². The number of aromatic nitrogens is 1. The summed E-state index contributed by atoms with van der Waals surface area (Å²) in [5.41, 5.74) is 8.70. The van der Waals surface area contributed by atoms with Crippen LogP contribution < -0.4 is 9.47 Å². The molecule has 0 bridgehead atoms. The summed E-state index contributed by atoms with van der Waals surface area (Å²) in [6, 6.07) is 12.7. The zero-order valence-electron chi connectivity index (χ0n) is 19.4. The average molecular weight is 416 g/mol. The minimum atomic E-state index is 0.823. The third kappa shape index (κ3) is 4.82. The minimum Gasteiger partial charge on any atom is -0.496 e. The van der Waals surface area contributed by atoms with Crippen molar-refractivity contribution in [3.05, 3.63) is 72.1 Å². The summed E-state index contributed by atoms with van der Waals surface area (Å²) in [6.07, 6.45) is 8.17. The zero-order valence-corrected chi connectivity index (χ0v) is 19.4. The second kappa shape index (κ2) is 10.3. The van der Waals surface area contributed by atoms with Gasteiger partial charge in [0.1, 0.15) is 11.5 Å². The first-order valence-electron chi connectivity index (χ1n) is 11.0. The molecule has 0 aliphatic heterocycles. The molecular weight excluding hydrogens is 382 g/mol. The van der Waals surface area contributed by atoms with E-state index in [2.05, 4.69) is 55.7 Å². The first kappa shape index (κ1) is 22.6. The summed E-state index contributed by atoms with van der Waals surface area (Å²) in [5.74, 6) is 1.65. The Kier molecular flexibility index (Phi) is 7.51. The average Bonchev–Trinajstić information content (AvgIpc) is 2.78. The molecule has 0 aliphatic rings. The van der Waals surface area contributed by atoms with E-state index < -0.39 is 0 Å². The van der Waals surface area contributed by atoms with Gasteiger partial charge in [-0.3, -0.25) is 4.98 Å². The van der Waals surface area contributed by atoms with Crippen molar-refractivity contribution in [3.63, 3.8) is 0 Å². The lowest BCUT2D eigenvalue weighted by Crippen LogP contribution is -2.02. The van der Waals surface area contributed by atoms with E-state index in [-0.39, 0.29) is 0 Å². The Morgan fingerprint density at radius 2 is 1.84 bits per heavy atom. The highest BCUT2D eigenvalue weighted by Gasteiger charge is 2.24. The van der Waals surface area contributed by atoms with Gasteiger partial charge in [0.05, 0.1) is 19.8 Å². The van der Waals surface area contributed by atoms with Gasteiger partial charge in [-0.15, -0.1) is 0 Å². The lowest BCUT2D eigenvalue weighted by atomic mass is 9.87. The number of rotatable bonds is 9. The van der Waals surface area contributed by atoms with Crippen LogP contribution in [0.4, 0.5) is 0 Å². The molecule has 3 heteroatoms. The van der Waals surface area contributed by atoms with Gasteiger partial charge in [0.15, 0.2) is 0 Å². The molecule has 2 aromatic carbocycles. The molecule has 1 heterocycles. The number of benzene rings is 2. The molecule has 3 aromatic rings. The maximum Gasteiger partial charge on any atom is 0.138 e. The number of methoxy groups -OCH3 is 2. The van der Waals surface area contributed by atoms with E-state index in [0.717, 1.165) is 57.7 Å². The third-order valence-electron chi connectivity index (χ3n) is 5.66. The molecule has 0 amide bonds. The second-order valence-electron chi connectivity index (χ2n) is 8.05. The van der Waals surface area contributed by atoms with Crippen LogP contribution in [0.3, 0.4) is 0 Å². The second-order valence-corrected chi connectivity index (χ2v) is 8.05. The molecule has 0 saturated carbocycles. The van der Waals surface area contributed by atoms with Crippen molar-refractivity contribution in [1.82, 2.24) is 4.98 Å². The number of hydrogen-bond donors (Lipinski definition) is 0. The molecule has 0 fully saturated rings. The maximum atomic E-state index is 6.11. The van der Waals surface area contributed by atoms with Crippen LogP contribution in [-0.2, 0) is 6.42 Å². The van der Waals surface area contributed by atoms with Gasteiger partial charge >= 0.3 is 0 Å². The Hall–Kier alpha value is -3.07. The number of pyridine rings is 1. The van der Waals surface area contributed by atoms with E-state index in [9.17, 15) is 0 Å². The molecular formula is C28H33NO2. The Labute approximate surface area is 186 Å². The smallest absolute Gasteiger partial charge is 0.138 e. The van der Waals surface area contributed by atoms with Gasteiger partial charge in [-0.25, -0.2) is 0 Å². The Balaban J connectivity index is 2.38. The summed E-state index contributed by atoms with van der Waals surface area (Å²) >= 11 is 0. The fourth-order valence-corrected chi connectivity index (χ4v) is 4.13. The number of ether oxygens (including phenoxy) is 2. The summed E-state index contributed by atoms with van der Waals surface area (Å²) in [6.45, 7) is 10.6. The molecule has 0 N–H and O–H groups in total. The molecule has 162 valence electrons. The fourth-order valence-electron chi connectivity index (χ4n) is 4.13. The van der Waals surface area contributed by atoms with Crippen molar-refractivity contribution < 1.29 is 9.47 Å². The van der Waals surface area contributed by atoms with E-state index >= 15 is 0 Å². The summed E-state index contributed by atoms with van der Waals surface area (Å²) in [4.78, 5) is 4.38. The minimum absolute atomic E-state index is 0.823. The molecule has 0 radical (unpaired) electrons. The number of nitrogens with zero attached hydrogens (tertiary/aromatic N) is 1. The van der Waals surface area contributed by atoms with Gasteiger partial charge in [-0.05, 0) is 55.5 Å². The molecule has 0 atom stereocenters. The van der Waals surface area contributed by atoms with Crippen molar-refractivity contribution in [2.45, 2.75) is 46.5 Å². The van der Waals surface area contributed by atoms with Crippen LogP contribution >= 0.6 is 0 Å². The van der Waals surface area contributed by atoms with Crippen molar-refractivity contribution in [2.24, 2.45) is 0 Å². The summed E-state index contributed by atoms with van der Waals surface area (Å²) in [7, 11) is 3.47. The molecule has 3 rings (SSSR count). The normalized spacial score (nSPS) is 10.7. The molecule has 0 spiro atoms. The molecule has 0 aliphatic carbocycles. The largest absolute Gasteiger partial charge is 0.496 e. The molecule has 0 saturated heterocycles. The molecule has 1 aromatic heterocycles. The van der Waals surface area contributed by atoms with Crippen molar-refractivity contribution in [3.8, 4) is 33.8 Å². The lowest BCUT2D eigenvalue weighted by Gasteiger charge is -2.23. The number of aryl methyl sites for hydroxylation is 2. The van der Waals surface area contributed by atoms with E-state index in [1.807, 2.05) is 19.2 Å². The van der Waals surface area contributed by atoms with Gasteiger partial charge in [0.2, 0.25) is 0 Å². The summed E-state index contributed by atoms with van der Waals surface area (Å²) in [5, 5.41) is 0. The topological polar surface area (TPSA) is 31.4 Å². The molecule has 3 nitrogen and oxygen atoms in total. The van der Waals surface area contributed by atoms with Crippen LogP contribution in [0.25, 0.3) is 27.8 Å². The zero-order chi connectivity index (χ0) is 22.4. The number of allylic oxidation sites excluding steroid dienone is 1. The predicted molar refractivity (Wildman–Crippen MR) is 131 cm³/mol. The van der Waals surface area contributed by atoms with E-state index in [4.69, 9.17) is 9.47 Å². The SMILES string of the molecule is C=C(C)c1ccc(C)cc1-c1c(OC)cc(CCCCC)c(-c2cccnc2)c1OC. The van der Waals surface area contributed by atoms with Gasteiger partial charge in [-0.2, -0.15) is 0 Å². The van der Waals surface area contributed by atoms with Crippen LogP contribution in [0.1, 0.15) is 49.8 Å². The van der Waals surface area contributed by atoms with Gasteiger partial charge < -0.3 is 9.47 Å². The van der Waals surface area contributed by atoms with Crippen molar-refractivity contribution >= 4 is 5.57 Å². The first-order valence-corrected chi connectivity index (χ1v) is 11.0. The highest BCUT2D eigenvalue weighted by molar-refractivity contribution is 5.92. The van der Waals surface area contributed by atoms with Gasteiger partial charge in [0, 0.05) is 23.5 Å². The fraction of sp³-hybridized carbons (Fsp3) is 0.321. The van der Waals surface area contributed by atoms with Crippen molar-refractivity contribution in [2.75, 3.05) is 14.2 Å². The molecule has 31 heavy (non-hydrogen) atoms. The maximum absolute atomic E-state index is 6.11. The van der Waals surface area contributed by atoms with Crippen LogP contribution in [-0.4, -0.2) is 19.2 Å². The highest BCUT2D eigenvalue weighted by Crippen LogP contribution is 2.49. The van der Waals surface area contributed by atoms with Crippen LogP contribution in [0.5, 0.6) is 11.5 Å². The van der Waals surface area contributed by atoms with E-state index in [0.29, 0.717) is 0 Å².